The predicted octanol–water partition coefficient (Wildman–Crippen LogP) is 4.56. The van der Waals surface area contributed by atoms with Gasteiger partial charge in [0.2, 0.25) is 0 Å². The zero-order valence-corrected chi connectivity index (χ0v) is 16.1. The smallest absolute Gasteiger partial charge is 0.329 e. The summed E-state index contributed by atoms with van der Waals surface area (Å²) < 4.78 is 7.04. The number of ether oxygens (including phenoxy) is 1. The van der Waals surface area contributed by atoms with Gasteiger partial charge in [0, 0.05) is 10.9 Å². The lowest BCUT2D eigenvalue weighted by atomic mass is 9.98. The minimum absolute atomic E-state index is 0.0258. The predicted molar refractivity (Wildman–Crippen MR) is 107 cm³/mol. The first-order valence-electron chi connectivity index (χ1n) is 9.39. The first kappa shape index (κ1) is 17.9. The number of hydrogen-bond acceptors (Lipinski definition) is 5. The third-order valence-corrected chi connectivity index (χ3v) is 6.08. The average Bonchev–Trinajstić information content (AvgIpc) is 3.14. The Morgan fingerprint density at radius 1 is 1.22 bits per heavy atom. The van der Waals surface area contributed by atoms with Crippen molar-refractivity contribution in [2.75, 3.05) is 0 Å². The lowest BCUT2D eigenvalue weighted by molar-refractivity contribution is -0.154. The Balaban J connectivity index is 1.67. The minimum atomic E-state index is -0.695. The first-order chi connectivity index (χ1) is 13.1. The molecule has 1 fully saturated rings. The van der Waals surface area contributed by atoms with Crippen molar-refractivity contribution in [3.8, 4) is 11.1 Å². The molecule has 1 saturated carbocycles. The summed E-state index contributed by atoms with van der Waals surface area (Å²) in [7, 11) is 0. The van der Waals surface area contributed by atoms with Gasteiger partial charge in [-0.2, -0.15) is 0 Å². The fourth-order valence-electron chi connectivity index (χ4n) is 3.61. The quantitative estimate of drug-likeness (QED) is 0.621. The monoisotopic (exact) mass is 382 g/mol. The lowest BCUT2D eigenvalue weighted by Crippen LogP contribution is -2.32. The molecule has 2 aromatic heterocycles. The molecule has 0 saturated heterocycles. The molecule has 1 aliphatic rings. The van der Waals surface area contributed by atoms with E-state index in [1.807, 2.05) is 35.7 Å². The molecule has 1 aromatic carbocycles. The molecule has 0 spiro atoms. The van der Waals surface area contributed by atoms with Crippen LogP contribution in [0.5, 0.6) is 0 Å². The molecule has 1 aliphatic carbocycles. The van der Waals surface area contributed by atoms with Crippen LogP contribution in [0.15, 0.2) is 46.8 Å². The second-order valence-electron chi connectivity index (χ2n) is 7.03. The largest absolute Gasteiger partial charge is 0.461 e. The summed E-state index contributed by atoms with van der Waals surface area (Å²) in [6.07, 6.45) is 6.64. The third-order valence-electron chi connectivity index (χ3n) is 5.20. The van der Waals surface area contributed by atoms with Gasteiger partial charge in [0.25, 0.3) is 5.56 Å². The summed E-state index contributed by atoms with van der Waals surface area (Å²) in [6.45, 7) is 1.70. The van der Waals surface area contributed by atoms with E-state index < -0.39 is 6.04 Å². The van der Waals surface area contributed by atoms with Gasteiger partial charge in [-0.15, -0.1) is 11.3 Å². The van der Waals surface area contributed by atoms with Gasteiger partial charge in [-0.3, -0.25) is 9.36 Å². The zero-order chi connectivity index (χ0) is 18.8. The summed E-state index contributed by atoms with van der Waals surface area (Å²) in [5.74, 6) is -0.360. The number of benzene rings is 1. The van der Waals surface area contributed by atoms with Crippen LogP contribution in [-0.4, -0.2) is 21.6 Å². The number of hydrogen-bond donors (Lipinski definition) is 0. The van der Waals surface area contributed by atoms with Crippen LogP contribution in [0.3, 0.4) is 0 Å². The molecule has 1 atom stereocenters. The van der Waals surface area contributed by atoms with E-state index in [4.69, 9.17) is 4.74 Å². The van der Waals surface area contributed by atoms with E-state index in [1.165, 1.54) is 28.7 Å². The van der Waals surface area contributed by atoms with Crippen molar-refractivity contribution < 1.29 is 9.53 Å². The summed E-state index contributed by atoms with van der Waals surface area (Å²) >= 11 is 1.44. The van der Waals surface area contributed by atoms with E-state index in [1.54, 1.807) is 6.92 Å². The van der Waals surface area contributed by atoms with Crippen LogP contribution in [-0.2, 0) is 9.53 Å². The summed E-state index contributed by atoms with van der Waals surface area (Å²) in [5.41, 5.74) is 1.63. The molecule has 0 amide bonds. The van der Waals surface area contributed by atoms with Crippen molar-refractivity contribution in [1.29, 1.82) is 0 Å². The van der Waals surface area contributed by atoms with Crippen molar-refractivity contribution in [3.63, 3.8) is 0 Å². The zero-order valence-electron chi connectivity index (χ0n) is 15.3. The lowest BCUT2D eigenvalue weighted by Gasteiger charge is -2.24. The average molecular weight is 382 g/mol. The highest BCUT2D eigenvalue weighted by molar-refractivity contribution is 7.17. The second-order valence-corrected chi connectivity index (χ2v) is 7.88. The molecular weight excluding hydrogens is 360 g/mol. The number of carbonyl (C=O) groups excluding carboxylic acids is 1. The van der Waals surface area contributed by atoms with Crippen molar-refractivity contribution in [2.24, 2.45) is 0 Å². The Morgan fingerprint density at radius 3 is 2.70 bits per heavy atom. The number of aromatic nitrogens is 2. The Bertz CT molecular complexity index is 1000. The maximum atomic E-state index is 13.1. The van der Waals surface area contributed by atoms with E-state index in [9.17, 15) is 9.59 Å². The van der Waals surface area contributed by atoms with Crippen molar-refractivity contribution >= 4 is 27.5 Å². The van der Waals surface area contributed by atoms with Crippen LogP contribution in [0, 0.1) is 0 Å². The molecule has 0 bridgehead atoms. The topological polar surface area (TPSA) is 61.2 Å². The van der Waals surface area contributed by atoms with E-state index >= 15 is 0 Å². The number of carbonyl (C=O) groups is 1. The highest BCUT2D eigenvalue weighted by Gasteiger charge is 2.25. The first-order valence-corrected chi connectivity index (χ1v) is 10.3. The van der Waals surface area contributed by atoms with E-state index in [0.29, 0.717) is 10.2 Å². The number of esters is 1. The highest BCUT2D eigenvalue weighted by Crippen LogP contribution is 2.30. The molecule has 0 radical (unpaired) electrons. The minimum Gasteiger partial charge on any atom is -0.461 e. The van der Waals surface area contributed by atoms with Gasteiger partial charge in [-0.25, -0.2) is 9.78 Å². The number of fused-ring (bicyclic) bond motifs is 1. The molecule has 0 N–H and O–H groups in total. The van der Waals surface area contributed by atoms with Crippen LogP contribution in [0.4, 0.5) is 0 Å². The van der Waals surface area contributed by atoms with Crippen LogP contribution >= 0.6 is 11.3 Å². The van der Waals surface area contributed by atoms with Crippen molar-refractivity contribution in [3.05, 3.63) is 52.4 Å². The molecular formula is C21H22N2O3S. The molecule has 3 aromatic rings. The Morgan fingerprint density at radius 2 is 1.96 bits per heavy atom. The van der Waals surface area contributed by atoms with Gasteiger partial charge in [0.15, 0.2) is 0 Å². The Hall–Kier alpha value is -2.47. The number of nitrogens with zero attached hydrogens (tertiary/aromatic N) is 2. The van der Waals surface area contributed by atoms with Gasteiger partial charge < -0.3 is 4.74 Å². The number of rotatable bonds is 4. The van der Waals surface area contributed by atoms with Gasteiger partial charge in [-0.1, -0.05) is 36.8 Å². The van der Waals surface area contributed by atoms with Gasteiger partial charge in [-0.05, 0) is 38.2 Å². The second kappa shape index (κ2) is 7.64. The SMILES string of the molecule is CC(C(=O)OC1CCCCC1)n1cnc2scc(-c3ccccc3)c2c1=O. The van der Waals surface area contributed by atoms with Gasteiger partial charge in [0.05, 0.1) is 11.7 Å². The van der Waals surface area contributed by atoms with Crippen LogP contribution in [0.1, 0.15) is 45.1 Å². The van der Waals surface area contributed by atoms with Crippen LogP contribution in [0.2, 0.25) is 0 Å². The highest BCUT2D eigenvalue weighted by atomic mass is 32.1. The number of thiophene rings is 1. The molecule has 1 unspecified atom stereocenters. The molecule has 140 valence electrons. The fourth-order valence-corrected chi connectivity index (χ4v) is 4.52. The molecule has 0 aliphatic heterocycles. The summed E-state index contributed by atoms with van der Waals surface area (Å²) in [5, 5.41) is 2.51. The van der Waals surface area contributed by atoms with E-state index in [2.05, 4.69) is 4.98 Å². The summed E-state index contributed by atoms with van der Waals surface area (Å²) in [6, 6.07) is 9.08. The Labute approximate surface area is 161 Å². The van der Waals surface area contributed by atoms with Gasteiger partial charge >= 0.3 is 5.97 Å². The Kier molecular flexibility index (Phi) is 5.07. The van der Waals surface area contributed by atoms with Crippen molar-refractivity contribution in [2.45, 2.75) is 51.2 Å². The third kappa shape index (κ3) is 3.54. The standard InChI is InChI=1S/C21H22N2O3S/c1-14(21(25)26-16-10-6-3-7-11-16)23-13-22-19-18(20(23)24)17(12-27-19)15-8-4-2-5-9-15/h2,4-5,8-9,12-14,16H,3,6-7,10-11H2,1H3. The van der Waals surface area contributed by atoms with Gasteiger partial charge in [0.1, 0.15) is 17.0 Å². The van der Waals surface area contributed by atoms with Crippen LogP contribution in [0.25, 0.3) is 21.3 Å². The molecule has 2 heterocycles. The molecule has 5 nitrogen and oxygen atoms in total. The van der Waals surface area contributed by atoms with Crippen molar-refractivity contribution in [1.82, 2.24) is 9.55 Å². The molecule has 4 rings (SSSR count). The maximum absolute atomic E-state index is 13.1. The maximum Gasteiger partial charge on any atom is 0.329 e. The van der Waals surface area contributed by atoms with E-state index in [-0.39, 0.29) is 17.6 Å². The normalized spacial score (nSPS) is 16.3. The van der Waals surface area contributed by atoms with Crippen LogP contribution < -0.4 is 5.56 Å². The fraction of sp³-hybridized carbons (Fsp3) is 0.381. The summed E-state index contributed by atoms with van der Waals surface area (Å²) in [4.78, 5) is 30.8. The molecule has 6 heteroatoms. The molecule has 27 heavy (non-hydrogen) atoms. The van der Waals surface area contributed by atoms with E-state index in [0.717, 1.165) is 36.8 Å².